The average molecular weight is 269 g/mol. The number of anilines is 1. The van der Waals surface area contributed by atoms with Crippen LogP contribution in [0.15, 0.2) is 47.5 Å². The summed E-state index contributed by atoms with van der Waals surface area (Å²) < 4.78 is 0. The van der Waals surface area contributed by atoms with Gasteiger partial charge in [0.15, 0.2) is 0 Å². The van der Waals surface area contributed by atoms with Crippen molar-refractivity contribution in [3.63, 3.8) is 0 Å². The minimum atomic E-state index is -0.289. The molecule has 0 fully saturated rings. The van der Waals surface area contributed by atoms with Crippen molar-refractivity contribution in [1.29, 1.82) is 5.26 Å². The molecule has 1 aromatic carbocycles. The number of benzene rings is 1. The van der Waals surface area contributed by atoms with Gasteiger partial charge in [0.25, 0.3) is 5.91 Å². The Morgan fingerprint density at radius 3 is 2.84 bits per heavy atom. The molecule has 0 unspecified atom stereocenters. The average Bonchev–Trinajstić information content (AvgIpc) is 2.47. The molecule has 1 aromatic heterocycles. The maximum absolute atomic E-state index is 12.0. The Hall–Kier alpha value is -2.32. The number of hydrogen-bond acceptors (Lipinski definition) is 4. The first kappa shape index (κ1) is 13.1. The molecule has 4 nitrogen and oxygen atoms in total. The Bertz CT molecular complexity index is 632. The van der Waals surface area contributed by atoms with Gasteiger partial charge >= 0.3 is 0 Å². The topological polar surface area (TPSA) is 65.8 Å². The molecule has 1 N–H and O–H groups in total. The molecule has 1 heterocycles. The van der Waals surface area contributed by atoms with Crippen molar-refractivity contribution < 1.29 is 4.79 Å². The number of rotatable bonds is 3. The van der Waals surface area contributed by atoms with Crippen molar-refractivity contribution in [3.05, 3.63) is 53.9 Å². The number of carbonyl (C=O) groups excluding carboxylic acids is 1. The zero-order valence-electron chi connectivity index (χ0n) is 10.3. The highest BCUT2D eigenvalue weighted by Gasteiger charge is 2.07. The van der Waals surface area contributed by atoms with Gasteiger partial charge in [0.05, 0.1) is 5.56 Å². The van der Waals surface area contributed by atoms with Gasteiger partial charge in [-0.2, -0.15) is 5.26 Å². The molecule has 0 aliphatic heterocycles. The molecule has 0 bridgehead atoms. The highest BCUT2D eigenvalue weighted by atomic mass is 32.2. The van der Waals surface area contributed by atoms with Gasteiger partial charge in [-0.25, -0.2) is 4.98 Å². The van der Waals surface area contributed by atoms with Crippen molar-refractivity contribution in [2.45, 2.75) is 4.90 Å². The largest absolute Gasteiger partial charge is 0.321 e. The smallest absolute Gasteiger partial charge is 0.274 e. The van der Waals surface area contributed by atoms with Gasteiger partial charge < -0.3 is 5.32 Å². The fourth-order valence-corrected chi connectivity index (χ4v) is 1.95. The van der Waals surface area contributed by atoms with E-state index >= 15 is 0 Å². The fraction of sp³-hybridized carbons (Fsp3) is 0.0714. The van der Waals surface area contributed by atoms with Crippen molar-refractivity contribution in [3.8, 4) is 6.07 Å². The standard InChI is InChI=1S/C14H11N3OS/c1-19-12-4-2-3-11(7-12)17-14(18)13-6-5-10(8-15)9-16-13/h2-7,9H,1H3,(H,17,18). The first-order chi connectivity index (χ1) is 9.22. The summed E-state index contributed by atoms with van der Waals surface area (Å²) in [4.78, 5) is 17.0. The van der Waals surface area contributed by atoms with Crippen LogP contribution in [0.5, 0.6) is 0 Å². The molecule has 19 heavy (non-hydrogen) atoms. The van der Waals surface area contributed by atoms with Crippen molar-refractivity contribution >= 4 is 23.4 Å². The molecule has 0 saturated heterocycles. The Labute approximate surface area is 115 Å². The Kier molecular flexibility index (Phi) is 4.16. The van der Waals surface area contributed by atoms with E-state index in [0.29, 0.717) is 5.56 Å². The van der Waals surface area contributed by atoms with Gasteiger partial charge in [0.2, 0.25) is 0 Å². The van der Waals surface area contributed by atoms with E-state index in [1.165, 1.54) is 12.3 Å². The molecule has 0 atom stereocenters. The molecule has 94 valence electrons. The van der Waals surface area contributed by atoms with Crippen molar-refractivity contribution in [2.75, 3.05) is 11.6 Å². The van der Waals surface area contributed by atoms with Crippen LogP contribution in [-0.4, -0.2) is 17.1 Å². The molecule has 0 saturated carbocycles. The Balaban J connectivity index is 2.13. The number of carbonyl (C=O) groups is 1. The zero-order chi connectivity index (χ0) is 13.7. The van der Waals surface area contributed by atoms with Crippen molar-refractivity contribution in [1.82, 2.24) is 4.98 Å². The van der Waals surface area contributed by atoms with E-state index in [0.717, 1.165) is 10.6 Å². The van der Waals surface area contributed by atoms with E-state index in [2.05, 4.69) is 10.3 Å². The summed E-state index contributed by atoms with van der Waals surface area (Å²) >= 11 is 1.61. The number of nitriles is 1. The van der Waals surface area contributed by atoms with Gasteiger partial charge in [-0.1, -0.05) is 6.07 Å². The summed E-state index contributed by atoms with van der Waals surface area (Å²) in [5.41, 5.74) is 1.44. The lowest BCUT2D eigenvalue weighted by Crippen LogP contribution is -2.13. The number of nitrogens with one attached hydrogen (secondary N) is 1. The number of pyridine rings is 1. The summed E-state index contributed by atoms with van der Waals surface area (Å²) in [5.74, 6) is -0.289. The second-order valence-corrected chi connectivity index (χ2v) is 4.61. The predicted molar refractivity (Wildman–Crippen MR) is 75.1 cm³/mol. The van der Waals surface area contributed by atoms with Gasteiger partial charge in [-0.3, -0.25) is 4.79 Å². The summed E-state index contributed by atoms with van der Waals surface area (Å²) in [7, 11) is 0. The molecule has 0 radical (unpaired) electrons. The molecule has 2 rings (SSSR count). The monoisotopic (exact) mass is 269 g/mol. The first-order valence-electron chi connectivity index (χ1n) is 5.54. The van der Waals surface area contributed by atoms with E-state index < -0.39 is 0 Å². The first-order valence-corrected chi connectivity index (χ1v) is 6.77. The van der Waals surface area contributed by atoms with Crippen LogP contribution in [0.1, 0.15) is 16.1 Å². The van der Waals surface area contributed by atoms with Crippen LogP contribution in [0.4, 0.5) is 5.69 Å². The molecule has 1 amide bonds. The summed E-state index contributed by atoms with van der Waals surface area (Å²) in [5, 5.41) is 11.4. The number of amides is 1. The van der Waals surface area contributed by atoms with E-state index in [1.54, 1.807) is 17.8 Å². The minimum absolute atomic E-state index is 0.286. The molecule has 0 spiro atoms. The van der Waals surface area contributed by atoms with Crippen LogP contribution in [0, 0.1) is 11.3 Å². The maximum Gasteiger partial charge on any atom is 0.274 e. The highest BCUT2D eigenvalue weighted by molar-refractivity contribution is 7.98. The Morgan fingerprint density at radius 2 is 2.21 bits per heavy atom. The lowest BCUT2D eigenvalue weighted by atomic mass is 10.2. The van der Waals surface area contributed by atoms with Crippen LogP contribution in [-0.2, 0) is 0 Å². The minimum Gasteiger partial charge on any atom is -0.321 e. The van der Waals surface area contributed by atoms with Gasteiger partial charge in [-0.05, 0) is 36.6 Å². The van der Waals surface area contributed by atoms with E-state index in [1.807, 2.05) is 36.6 Å². The van der Waals surface area contributed by atoms with Crippen molar-refractivity contribution in [2.24, 2.45) is 0 Å². The molecule has 2 aromatic rings. The zero-order valence-corrected chi connectivity index (χ0v) is 11.1. The molecule has 0 aliphatic rings. The third kappa shape index (κ3) is 3.33. The van der Waals surface area contributed by atoms with Gasteiger partial charge in [-0.15, -0.1) is 11.8 Å². The molecular weight excluding hydrogens is 258 g/mol. The van der Waals surface area contributed by atoms with Crippen LogP contribution < -0.4 is 5.32 Å². The predicted octanol–water partition coefficient (Wildman–Crippen LogP) is 2.93. The van der Waals surface area contributed by atoms with Gasteiger partial charge in [0, 0.05) is 16.8 Å². The number of hydrogen-bond donors (Lipinski definition) is 1. The highest BCUT2D eigenvalue weighted by Crippen LogP contribution is 2.19. The number of aromatic nitrogens is 1. The summed E-state index contributed by atoms with van der Waals surface area (Å²) in [6.07, 6.45) is 3.36. The lowest BCUT2D eigenvalue weighted by molar-refractivity contribution is 0.102. The number of nitrogens with zero attached hydrogens (tertiary/aromatic N) is 2. The number of thioether (sulfide) groups is 1. The van der Waals surface area contributed by atoms with Crippen LogP contribution in [0.25, 0.3) is 0 Å². The van der Waals surface area contributed by atoms with E-state index in [4.69, 9.17) is 5.26 Å². The van der Waals surface area contributed by atoms with Crippen LogP contribution >= 0.6 is 11.8 Å². The van der Waals surface area contributed by atoms with Crippen LogP contribution in [0.2, 0.25) is 0 Å². The lowest BCUT2D eigenvalue weighted by Gasteiger charge is -2.05. The molecule has 0 aliphatic carbocycles. The second-order valence-electron chi connectivity index (χ2n) is 3.73. The fourth-order valence-electron chi connectivity index (χ4n) is 1.49. The quantitative estimate of drug-likeness (QED) is 0.870. The molecule has 5 heteroatoms. The second kappa shape index (κ2) is 6.03. The third-order valence-corrected chi connectivity index (χ3v) is 3.18. The van der Waals surface area contributed by atoms with Crippen LogP contribution in [0.3, 0.4) is 0 Å². The summed E-state index contributed by atoms with van der Waals surface area (Å²) in [6, 6.07) is 12.6. The third-order valence-electron chi connectivity index (χ3n) is 2.45. The Morgan fingerprint density at radius 1 is 1.37 bits per heavy atom. The van der Waals surface area contributed by atoms with E-state index in [9.17, 15) is 4.79 Å². The van der Waals surface area contributed by atoms with Gasteiger partial charge in [0.1, 0.15) is 11.8 Å². The maximum atomic E-state index is 12.0. The molecular formula is C14H11N3OS. The normalized spacial score (nSPS) is 9.68. The van der Waals surface area contributed by atoms with E-state index in [-0.39, 0.29) is 11.6 Å². The SMILES string of the molecule is CSc1cccc(NC(=O)c2ccc(C#N)cn2)c1. The summed E-state index contributed by atoms with van der Waals surface area (Å²) in [6.45, 7) is 0.